The Morgan fingerprint density at radius 3 is 1.97 bits per heavy atom. The van der Waals surface area contributed by atoms with Crippen LogP contribution in [-0.4, -0.2) is 41.9 Å². The van der Waals surface area contributed by atoms with E-state index < -0.39 is 58.0 Å². The first-order valence-corrected chi connectivity index (χ1v) is 9.40. The van der Waals surface area contributed by atoms with Crippen molar-refractivity contribution in [2.45, 2.75) is 35.8 Å². The first kappa shape index (κ1) is 24.3. The average Bonchev–Trinajstić information content (AvgIpc) is 2.64. The third-order valence-electron chi connectivity index (χ3n) is 4.09. The molecule has 2 rings (SSSR count). The summed E-state index contributed by atoms with van der Waals surface area (Å²) in [4.78, 5) is 11.8. The molecule has 0 aromatic heterocycles. The lowest BCUT2D eigenvalue weighted by Crippen LogP contribution is -2.53. The van der Waals surface area contributed by atoms with Gasteiger partial charge in [0.2, 0.25) is 0 Å². The second-order valence-electron chi connectivity index (χ2n) is 6.00. The molecule has 0 saturated heterocycles. The fourth-order valence-corrected chi connectivity index (χ4v) is 3.51. The van der Waals surface area contributed by atoms with E-state index in [1.54, 1.807) is 6.07 Å². The topological polar surface area (TPSA) is 26.3 Å². The maximum absolute atomic E-state index is 14.4. The average molecular weight is 611 g/mol. The van der Waals surface area contributed by atoms with Gasteiger partial charge in [-0.3, -0.25) is 0 Å². The summed E-state index contributed by atoms with van der Waals surface area (Å²) in [6, 6.07) is 5.80. The summed E-state index contributed by atoms with van der Waals surface area (Å²) in [6.07, 6.45) is -1.33. The molecule has 0 heterocycles. The standard InChI is InChI=1S/C16H9BrF9IO2/c17-9-3-1-2-8(6-9)11(28)29-5-4-10(27)7-12(18)13(19,20)15(23,24)16(25,26)14(12,21)22/h1-3,6-7H,4-5H2. The van der Waals surface area contributed by atoms with Crippen LogP contribution in [0.4, 0.5) is 39.5 Å². The van der Waals surface area contributed by atoms with Crippen LogP contribution in [0.2, 0.25) is 0 Å². The zero-order valence-corrected chi connectivity index (χ0v) is 17.5. The molecule has 1 aromatic carbocycles. The number of esters is 1. The van der Waals surface area contributed by atoms with E-state index in [9.17, 15) is 44.3 Å². The van der Waals surface area contributed by atoms with E-state index in [-0.39, 0.29) is 5.56 Å². The predicted octanol–water partition coefficient (Wildman–Crippen LogP) is 6.58. The van der Waals surface area contributed by atoms with E-state index in [4.69, 9.17) is 4.74 Å². The monoisotopic (exact) mass is 610 g/mol. The number of rotatable bonds is 5. The van der Waals surface area contributed by atoms with Crippen molar-refractivity contribution >= 4 is 44.5 Å². The first-order chi connectivity index (χ1) is 13.0. The van der Waals surface area contributed by atoms with Gasteiger partial charge in [0.25, 0.3) is 5.67 Å². The van der Waals surface area contributed by atoms with Crippen LogP contribution in [-0.2, 0) is 4.74 Å². The molecule has 1 aliphatic carbocycles. The Morgan fingerprint density at radius 2 is 1.48 bits per heavy atom. The maximum Gasteiger partial charge on any atom is 0.382 e. The molecule has 0 unspecified atom stereocenters. The molecule has 1 aromatic rings. The Balaban J connectivity index is 2.19. The van der Waals surface area contributed by atoms with E-state index in [0.717, 1.165) is 22.6 Å². The molecular weight excluding hydrogens is 602 g/mol. The number of hydrogen-bond acceptors (Lipinski definition) is 2. The number of allylic oxidation sites excluding steroid dienone is 1. The second-order valence-corrected chi connectivity index (χ2v) is 8.30. The Labute approximate surface area is 179 Å². The van der Waals surface area contributed by atoms with E-state index in [0.29, 0.717) is 4.47 Å². The fourth-order valence-electron chi connectivity index (χ4n) is 2.46. The third-order valence-corrected chi connectivity index (χ3v) is 5.43. The van der Waals surface area contributed by atoms with Gasteiger partial charge in [0.15, 0.2) is 0 Å². The molecule has 2 nitrogen and oxygen atoms in total. The molecule has 0 aliphatic heterocycles. The molecule has 162 valence electrons. The summed E-state index contributed by atoms with van der Waals surface area (Å²) in [7, 11) is 0. The molecule has 0 spiro atoms. The number of carbonyl (C=O) groups is 1. The van der Waals surface area contributed by atoms with Crippen LogP contribution >= 0.6 is 38.5 Å². The molecule has 0 radical (unpaired) electrons. The zero-order valence-electron chi connectivity index (χ0n) is 13.8. The Morgan fingerprint density at radius 1 is 0.966 bits per heavy atom. The number of hydrogen-bond donors (Lipinski definition) is 0. The van der Waals surface area contributed by atoms with Gasteiger partial charge in [-0.15, -0.1) is 0 Å². The SMILES string of the molecule is O=C(OCCC(I)=CC1(F)C(F)(F)C(F)(F)C(F)(F)C1(F)F)c1cccc(Br)c1. The minimum absolute atomic E-state index is 0.0634. The van der Waals surface area contributed by atoms with Crippen molar-refractivity contribution in [3.8, 4) is 0 Å². The normalized spacial score (nSPS) is 23.6. The van der Waals surface area contributed by atoms with Gasteiger partial charge in [-0.2, -0.15) is 35.1 Å². The van der Waals surface area contributed by atoms with Crippen molar-refractivity contribution in [3.05, 3.63) is 44.0 Å². The quantitative estimate of drug-likeness (QED) is 0.214. The highest BCUT2D eigenvalue weighted by Gasteiger charge is 3.00. The van der Waals surface area contributed by atoms with Crippen molar-refractivity contribution in [1.82, 2.24) is 0 Å². The molecule has 0 bridgehead atoms. The van der Waals surface area contributed by atoms with Gasteiger partial charge in [0, 0.05) is 10.9 Å². The van der Waals surface area contributed by atoms with E-state index in [1.807, 2.05) is 0 Å². The molecule has 1 saturated carbocycles. The van der Waals surface area contributed by atoms with Crippen molar-refractivity contribution in [3.63, 3.8) is 0 Å². The molecule has 1 aliphatic rings. The van der Waals surface area contributed by atoms with E-state index in [1.165, 1.54) is 18.2 Å². The van der Waals surface area contributed by atoms with Gasteiger partial charge >= 0.3 is 29.7 Å². The van der Waals surface area contributed by atoms with E-state index >= 15 is 0 Å². The lowest BCUT2D eigenvalue weighted by atomic mass is 9.96. The Bertz CT molecular complexity index is 815. The van der Waals surface area contributed by atoms with E-state index in [2.05, 4.69) is 15.9 Å². The summed E-state index contributed by atoms with van der Waals surface area (Å²) in [5, 5.41) is 0. The summed E-state index contributed by atoms with van der Waals surface area (Å²) in [5.41, 5.74) is -5.59. The van der Waals surface area contributed by atoms with Crippen LogP contribution in [0, 0.1) is 0 Å². The summed E-state index contributed by atoms with van der Waals surface area (Å²) < 4.78 is 126. The van der Waals surface area contributed by atoms with Crippen LogP contribution in [0.15, 0.2) is 38.4 Å². The van der Waals surface area contributed by atoms with Crippen LogP contribution in [0.3, 0.4) is 0 Å². The van der Waals surface area contributed by atoms with Gasteiger partial charge in [-0.05, 0) is 50.4 Å². The minimum atomic E-state index is -6.63. The highest BCUT2D eigenvalue weighted by molar-refractivity contribution is 14.1. The lowest BCUT2D eigenvalue weighted by Gasteiger charge is -2.28. The molecular formula is C16H9BrF9IO2. The Hall–Kier alpha value is -0.990. The second kappa shape index (κ2) is 7.61. The molecule has 0 atom stereocenters. The van der Waals surface area contributed by atoms with Crippen molar-refractivity contribution in [1.29, 1.82) is 0 Å². The van der Waals surface area contributed by atoms with Crippen LogP contribution < -0.4 is 0 Å². The Kier molecular flexibility index (Phi) is 6.37. The minimum Gasteiger partial charge on any atom is -0.462 e. The van der Waals surface area contributed by atoms with Gasteiger partial charge in [-0.1, -0.05) is 22.0 Å². The smallest absolute Gasteiger partial charge is 0.382 e. The molecule has 29 heavy (non-hydrogen) atoms. The first-order valence-electron chi connectivity index (χ1n) is 7.53. The summed E-state index contributed by atoms with van der Waals surface area (Å²) in [5.74, 6) is -26.9. The van der Waals surface area contributed by atoms with Gasteiger partial charge in [0.1, 0.15) is 0 Å². The van der Waals surface area contributed by atoms with Gasteiger partial charge < -0.3 is 4.74 Å². The highest BCUT2D eigenvalue weighted by Crippen LogP contribution is 2.69. The lowest BCUT2D eigenvalue weighted by molar-refractivity contribution is -0.303. The maximum atomic E-state index is 14.4. The third kappa shape index (κ3) is 3.55. The fraction of sp³-hybridized carbons (Fsp3) is 0.438. The van der Waals surface area contributed by atoms with Crippen LogP contribution in [0.5, 0.6) is 0 Å². The zero-order chi connectivity index (χ0) is 22.5. The number of ether oxygens (including phenoxy) is 1. The van der Waals surface area contributed by atoms with Crippen LogP contribution in [0.25, 0.3) is 0 Å². The summed E-state index contributed by atoms with van der Waals surface area (Å²) in [6.45, 7) is -0.639. The predicted molar refractivity (Wildman–Crippen MR) is 94.8 cm³/mol. The van der Waals surface area contributed by atoms with Gasteiger partial charge in [-0.25, -0.2) is 9.18 Å². The number of benzene rings is 1. The molecule has 13 heteroatoms. The molecule has 0 N–H and O–H groups in total. The molecule has 1 fully saturated rings. The largest absolute Gasteiger partial charge is 0.462 e. The molecule has 0 amide bonds. The van der Waals surface area contributed by atoms with Crippen molar-refractivity contribution < 1.29 is 49.0 Å². The van der Waals surface area contributed by atoms with Crippen molar-refractivity contribution in [2.24, 2.45) is 0 Å². The van der Waals surface area contributed by atoms with Crippen molar-refractivity contribution in [2.75, 3.05) is 6.61 Å². The number of carbonyl (C=O) groups excluding carboxylic acids is 1. The number of alkyl halides is 9. The highest BCUT2D eigenvalue weighted by atomic mass is 127. The summed E-state index contributed by atoms with van der Waals surface area (Å²) >= 11 is 4.12. The van der Waals surface area contributed by atoms with Gasteiger partial charge in [0.05, 0.1) is 12.2 Å². The van der Waals surface area contributed by atoms with Crippen LogP contribution in [0.1, 0.15) is 16.8 Å². The number of halogens is 11.